The first-order valence-electron chi connectivity index (χ1n) is 6.57. The normalized spacial score (nSPS) is 14.9. The second-order valence-electron chi connectivity index (χ2n) is 4.89. The van der Waals surface area contributed by atoms with Gasteiger partial charge in [0.25, 0.3) is 5.91 Å². The Morgan fingerprint density at radius 3 is 2.76 bits per heavy atom. The summed E-state index contributed by atoms with van der Waals surface area (Å²) in [5, 5.41) is 3.56. The molecule has 2 aromatic rings. The van der Waals surface area contributed by atoms with Gasteiger partial charge in [-0.15, -0.1) is 0 Å². The van der Waals surface area contributed by atoms with E-state index < -0.39 is 0 Å². The molecule has 108 valence electrons. The van der Waals surface area contributed by atoms with Gasteiger partial charge in [-0.1, -0.05) is 45.7 Å². The third kappa shape index (κ3) is 3.39. The summed E-state index contributed by atoms with van der Waals surface area (Å²) in [5.41, 5.74) is 3.01. The van der Waals surface area contributed by atoms with Crippen LogP contribution in [0.15, 0.2) is 42.5 Å². The van der Waals surface area contributed by atoms with Crippen molar-refractivity contribution in [2.75, 3.05) is 11.9 Å². The zero-order valence-electron chi connectivity index (χ0n) is 11.1. The second-order valence-corrected chi connectivity index (χ2v) is 6.43. The smallest absolute Gasteiger partial charge is 0.262 e. The molecule has 1 heterocycles. The van der Waals surface area contributed by atoms with Crippen LogP contribution in [0, 0.1) is 0 Å². The standard InChI is InChI=1S/C16H13BrClNO2/c17-13(7-10-1-4-12(18)5-2-10)11-3-6-15-14(8-11)19-16(20)9-21-15/h1-6,8,13H,7,9H2,(H,19,20). The molecule has 0 saturated heterocycles. The average Bonchev–Trinajstić information content (AvgIpc) is 2.48. The van der Waals surface area contributed by atoms with E-state index in [1.165, 1.54) is 5.56 Å². The molecule has 0 radical (unpaired) electrons. The van der Waals surface area contributed by atoms with E-state index in [0.717, 1.165) is 22.7 Å². The van der Waals surface area contributed by atoms with E-state index in [2.05, 4.69) is 21.2 Å². The lowest BCUT2D eigenvalue weighted by Crippen LogP contribution is -2.25. The number of anilines is 1. The molecule has 1 amide bonds. The lowest BCUT2D eigenvalue weighted by molar-refractivity contribution is -0.118. The second kappa shape index (κ2) is 6.08. The summed E-state index contributed by atoms with van der Waals surface area (Å²) in [6.07, 6.45) is 0.838. The largest absolute Gasteiger partial charge is 0.482 e. The molecule has 0 fully saturated rings. The van der Waals surface area contributed by atoms with Crippen LogP contribution in [0.4, 0.5) is 5.69 Å². The van der Waals surface area contributed by atoms with Gasteiger partial charge in [-0.3, -0.25) is 4.79 Å². The van der Waals surface area contributed by atoms with Crippen molar-refractivity contribution >= 4 is 39.1 Å². The molecule has 1 aliphatic rings. The first-order valence-corrected chi connectivity index (χ1v) is 7.86. The third-order valence-electron chi connectivity index (χ3n) is 3.33. The van der Waals surface area contributed by atoms with Gasteiger partial charge in [-0.25, -0.2) is 0 Å². The average molecular weight is 367 g/mol. The third-order valence-corrected chi connectivity index (χ3v) is 4.43. The highest BCUT2D eigenvalue weighted by Crippen LogP contribution is 2.34. The van der Waals surface area contributed by atoms with Crippen molar-refractivity contribution in [1.29, 1.82) is 0 Å². The van der Waals surface area contributed by atoms with Crippen molar-refractivity contribution in [3.05, 3.63) is 58.6 Å². The fourth-order valence-electron chi connectivity index (χ4n) is 2.24. The van der Waals surface area contributed by atoms with Crippen molar-refractivity contribution < 1.29 is 9.53 Å². The van der Waals surface area contributed by atoms with E-state index in [4.69, 9.17) is 16.3 Å². The molecular weight excluding hydrogens is 354 g/mol. The van der Waals surface area contributed by atoms with Crippen LogP contribution in [0.5, 0.6) is 5.75 Å². The summed E-state index contributed by atoms with van der Waals surface area (Å²) >= 11 is 9.59. The number of hydrogen-bond acceptors (Lipinski definition) is 2. The van der Waals surface area contributed by atoms with Crippen molar-refractivity contribution in [2.24, 2.45) is 0 Å². The summed E-state index contributed by atoms with van der Waals surface area (Å²) in [7, 11) is 0. The predicted octanol–water partition coefficient (Wildman–Crippen LogP) is 4.35. The molecule has 1 N–H and O–H groups in total. The molecule has 0 aliphatic carbocycles. The predicted molar refractivity (Wildman–Crippen MR) is 87.4 cm³/mol. The minimum Gasteiger partial charge on any atom is -0.482 e. The molecule has 21 heavy (non-hydrogen) atoms. The fourth-order valence-corrected chi connectivity index (χ4v) is 3.03. The number of rotatable bonds is 3. The number of carbonyl (C=O) groups is 1. The fraction of sp³-hybridized carbons (Fsp3) is 0.188. The van der Waals surface area contributed by atoms with E-state index in [0.29, 0.717) is 5.75 Å². The Morgan fingerprint density at radius 2 is 2.00 bits per heavy atom. The monoisotopic (exact) mass is 365 g/mol. The maximum atomic E-state index is 11.4. The number of ether oxygens (including phenoxy) is 1. The van der Waals surface area contributed by atoms with E-state index in [9.17, 15) is 4.79 Å². The topological polar surface area (TPSA) is 38.3 Å². The summed E-state index contributed by atoms with van der Waals surface area (Å²) in [5.74, 6) is 0.591. The molecule has 0 spiro atoms. The Bertz CT molecular complexity index is 672. The van der Waals surface area contributed by atoms with Gasteiger partial charge in [-0.05, 0) is 41.8 Å². The van der Waals surface area contributed by atoms with Crippen LogP contribution in [0.1, 0.15) is 16.0 Å². The molecule has 0 bridgehead atoms. The summed E-state index contributed by atoms with van der Waals surface area (Å²) < 4.78 is 5.36. The maximum Gasteiger partial charge on any atom is 0.262 e. The highest BCUT2D eigenvalue weighted by atomic mass is 79.9. The Labute approximate surface area is 136 Å². The Morgan fingerprint density at radius 1 is 1.24 bits per heavy atom. The Kier molecular flexibility index (Phi) is 4.17. The number of carbonyl (C=O) groups excluding carboxylic acids is 1. The van der Waals surface area contributed by atoms with E-state index in [1.54, 1.807) is 0 Å². The van der Waals surface area contributed by atoms with Gasteiger partial charge in [0.05, 0.1) is 5.69 Å². The lowest BCUT2D eigenvalue weighted by atomic mass is 10.0. The summed E-state index contributed by atoms with van der Waals surface area (Å²) in [4.78, 5) is 11.5. The molecule has 0 aromatic heterocycles. The number of halogens is 2. The number of nitrogens with one attached hydrogen (secondary N) is 1. The van der Waals surface area contributed by atoms with Crippen LogP contribution in [0.3, 0.4) is 0 Å². The molecule has 1 atom stereocenters. The molecule has 1 aliphatic heterocycles. The SMILES string of the molecule is O=C1COc2ccc(C(Br)Cc3ccc(Cl)cc3)cc2N1. The minimum absolute atomic E-state index is 0.0782. The number of benzene rings is 2. The molecule has 1 unspecified atom stereocenters. The summed E-state index contributed by atoms with van der Waals surface area (Å²) in [6.45, 7) is 0.0782. The van der Waals surface area contributed by atoms with Gasteiger partial charge in [0, 0.05) is 9.85 Å². The van der Waals surface area contributed by atoms with Crippen LogP contribution >= 0.6 is 27.5 Å². The molecule has 0 saturated carbocycles. The van der Waals surface area contributed by atoms with Gasteiger partial charge in [-0.2, -0.15) is 0 Å². The Balaban J connectivity index is 1.78. The van der Waals surface area contributed by atoms with Gasteiger partial charge in [0.1, 0.15) is 5.75 Å². The molecule has 3 rings (SSSR count). The zero-order valence-corrected chi connectivity index (χ0v) is 13.4. The quantitative estimate of drug-likeness (QED) is 0.820. The number of alkyl halides is 1. The van der Waals surface area contributed by atoms with Crippen LogP contribution < -0.4 is 10.1 Å². The highest BCUT2D eigenvalue weighted by molar-refractivity contribution is 9.09. The Hall–Kier alpha value is -1.52. The van der Waals surface area contributed by atoms with Gasteiger partial charge < -0.3 is 10.1 Å². The first-order chi connectivity index (χ1) is 10.1. The zero-order chi connectivity index (χ0) is 14.8. The van der Waals surface area contributed by atoms with Gasteiger partial charge >= 0.3 is 0 Å². The molecule has 5 heteroatoms. The van der Waals surface area contributed by atoms with Crippen LogP contribution in [0.25, 0.3) is 0 Å². The lowest BCUT2D eigenvalue weighted by Gasteiger charge is -2.20. The molecular formula is C16H13BrClNO2. The minimum atomic E-state index is -0.122. The van der Waals surface area contributed by atoms with Crippen molar-refractivity contribution in [1.82, 2.24) is 0 Å². The van der Waals surface area contributed by atoms with Crippen LogP contribution in [0.2, 0.25) is 5.02 Å². The van der Waals surface area contributed by atoms with Crippen molar-refractivity contribution in [2.45, 2.75) is 11.2 Å². The van der Waals surface area contributed by atoms with E-state index >= 15 is 0 Å². The van der Waals surface area contributed by atoms with Crippen molar-refractivity contribution in [3.8, 4) is 5.75 Å². The van der Waals surface area contributed by atoms with Gasteiger partial charge in [0.2, 0.25) is 0 Å². The van der Waals surface area contributed by atoms with Gasteiger partial charge in [0.15, 0.2) is 6.61 Å². The number of fused-ring (bicyclic) bond motifs is 1. The maximum absolute atomic E-state index is 11.4. The highest BCUT2D eigenvalue weighted by Gasteiger charge is 2.18. The molecule has 3 nitrogen and oxygen atoms in total. The molecule has 2 aromatic carbocycles. The summed E-state index contributed by atoms with van der Waals surface area (Å²) in [6, 6.07) is 13.6. The number of hydrogen-bond donors (Lipinski definition) is 1. The van der Waals surface area contributed by atoms with Crippen molar-refractivity contribution in [3.63, 3.8) is 0 Å². The van der Waals surface area contributed by atoms with Crippen LogP contribution in [-0.2, 0) is 11.2 Å². The van der Waals surface area contributed by atoms with Crippen LogP contribution in [-0.4, -0.2) is 12.5 Å². The first kappa shape index (κ1) is 14.4. The van der Waals surface area contributed by atoms with E-state index in [-0.39, 0.29) is 17.3 Å². The number of amides is 1. The van der Waals surface area contributed by atoms with E-state index in [1.807, 2.05) is 42.5 Å².